The molecule has 0 spiro atoms. The molecule has 1 aliphatic heterocycles. The predicted octanol–water partition coefficient (Wildman–Crippen LogP) is 6.65. The number of carbonyl (C=O) groups excluding carboxylic acids is 1. The summed E-state index contributed by atoms with van der Waals surface area (Å²) in [5.41, 5.74) is 8.20. The summed E-state index contributed by atoms with van der Waals surface area (Å²) in [7, 11) is 4.03. The molecule has 1 aliphatic carbocycles. The average Bonchev–Trinajstić information content (AvgIpc) is 3.67. The summed E-state index contributed by atoms with van der Waals surface area (Å²) in [5.74, 6) is 0.333. The maximum atomic E-state index is 16.2. The van der Waals surface area contributed by atoms with Gasteiger partial charge in [0, 0.05) is 42.3 Å². The standard InChI is InChI=1S/C35H43FN4O3/c1-5-29-32-28(37-39(29)4)22-38(3)19-7-8-20-40-33-26(17-18-27(36)31(32)33)25(34(40)35(41)42-6-2)15-11-21-43-30-16-10-13-23-12-9-14-24(23)30/h10,13,16-18H,5-9,11-12,14-15,19-22H2,1-4H3. The maximum Gasteiger partial charge on any atom is 0.355 e. The number of aryl methyl sites for hydroxylation is 4. The molecule has 2 aromatic carbocycles. The summed E-state index contributed by atoms with van der Waals surface area (Å²) in [4.78, 5) is 15.9. The molecule has 0 fully saturated rings. The van der Waals surface area contributed by atoms with E-state index in [9.17, 15) is 4.79 Å². The minimum Gasteiger partial charge on any atom is -0.493 e. The SMILES string of the molecule is CCOC(=O)c1c(CCCOc2cccc3c2CCC3)c2ccc(F)c3c2n1CCCCN(C)Cc1nn(C)c(CC)c1-3. The monoisotopic (exact) mass is 586 g/mol. The van der Waals surface area contributed by atoms with Crippen molar-refractivity contribution >= 4 is 16.9 Å². The molecule has 2 aliphatic rings. The summed E-state index contributed by atoms with van der Waals surface area (Å²) >= 11 is 0. The molecule has 8 heteroatoms. The summed E-state index contributed by atoms with van der Waals surface area (Å²) in [5, 5.41) is 5.78. The highest BCUT2D eigenvalue weighted by atomic mass is 19.1. The first-order valence-electron chi connectivity index (χ1n) is 15.9. The Morgan fingerprint density at radius 1 is 1.02 bits per heavy atom. The number of benzene rings is 2. The molecular weight excluding hydrogens is 543 g/mol. The third-order valence-electron chi connectivity index (χ3n) is 9.09. The number of hydrogen-bond donors (Lipinski definition) is 0. The maximum absolute atomic E-state index is 16.2. The number of nitrogens with zero attached hydrogens (tertiary/aromatic N) is 4. The van der Waals surface area contributed by atoms with Crippen LogP contribution in [0.4, 0.5) is 4.39 Å². The normalized spacial score (nSPS) is 15.3. The summed E-state index contributed by atoms with van der Waals surface area (Å²) < 4.78 is 32.1. The van der Waals surface area contributed by atoms with Crippen LogP contribution in [-0.2, 0) is 50.6 Å². The van der Waals surface area contributed by atoms with E-state index >= 15 is 4.39 Å². The number of ether oxygens (including phenoxy) is 2. The van der Waals surface area contributed by atoms with Gasteiger partial charge in [0.2, 0.25) is 0 Å². The van der Waals surface area contributed by atoms with E-state index in [1.165, 1.54) is 17.5 Å². The Hall–Kier alpha value is -3.65. The van der Waals surface area contributed by atoms with Gasteiger partial charge in [0.25, 0.3) is 0 Å². The van der Waals surface area contributed by atoms with Gasteiger partial charge in [-0.2, -0.15) is 5.10 Å². The Kier molecular flexibility index (Phi) is 8.57. The molecule has 0 unspecified atom stereocenters. The lowest BCUT2D eigenvalue weighted by molar-refractivity contribution is 0.0512. The first kappa shape index (κ1) is 29.4. The van der Waals surface area contributed by atoms with Crippen LogP contribution in [-0.4, -0.2) is 52.0 Å². The van der Waals surface area contributed by atoms with Crippen LogP contribution in [0.15, 0.2) is 30.3 Å². The zero-order valence-corrected chi connectivity index (χ0v) is 26.0. The van der Waals surface area contributed by atoms with E-state index in [-0.39, 0.29) is 18.4 Å². The average molecular weight is 587 g/mol. The molecular formula is C35H43FN4O3. The van der Waals surface area contributed by atoms with Gasteiger partial charge in [0.05, 0.1) is 24.4 Å². The molecule has 6 rings (SSSR count). The number of hydrogen-bond acceptors (Lipinski definition) is 5. The van der Waals surface area contributed by atoms with Crippen LogP contribution in [0, 0.1) is 5.82 Å². The van der Waals surface area contributed by atoms with E-state index in [1.54, 1.807) is 6.07 Å². The number of halogens is 1. The van der Waals surface area contributed by atoms with Crippen LogP contribution >= 0.6 is 0 Å². The van der Waals surface area contributed by atoms with Crippen molar-refractivity contribution in [3.63, 3.8) is 0 Å². The zero-order valence-electron chi connectivity index (χ0n) is 26.0. The molecule has 0 amide bonds. The fourth-order valence-corrected chi connectivity index (χ4v) is 7.20. The van der Waals surface area contributed by atoms with E-state index in [0.717, 1.165) is 84.2 Å². The lowest BCUT2D eigenvalue weighted by Crippen LogP contribution is -2.20. The molecule has 2 aromatic heterocycles. The van der Waals surface area contributed by atoms with Crippen molar-refractivity contribution in [3.8, 4) is 16.9 Å². The molecule has 7 nitrogen and oxygen atoms in total. The number of esters is 1. The van der Waals surface area contributed by atoms with Crippen molar-refractivity contribution in [2.24, 2.45) is 7.05 Å². The first-order valence-corrected chi connectivity index (χ1v) is 15.9. The topological polar surface area (TPSA) is 61.5 Å². The third-order valence-corrected chi connectivity index (χ3v) is 9.09. The van der Waals surface area contributed by atoms with Gasteiger partial charge < -0.3 is 18.9 Å². The molecule has 0 N–H and O–H groups in total. The van der Waals surface area contributed by atoms with Crippen molar-refractivity contribution in [1.29, 1.82) is 0 Å². The molecule has 4 aromatic rings. The number of fused-ring (bicyclic) bond motifs is 3. The molecule has 43 heavy (non-hydrogen) atoms. The van der Waals surface area contributed by atoms with Crippen LogP contribution in [0.5, 0.6) is 5.75 Å². The number of carbonyl (C=O) groups is 1. The minimum atomic E-state index is -0.351. The van der Waals surface area contributed by atoms with Gasteiger partial charge in [-0.3, -0.25) is 4.68 Å². The molecule has 0 saturated heterocycles. The lowest BCUT2D eigenvalue weighted by atomic mass is 9.96. The van der Waals surface area contributed by atoms with Crippen LogP contribution in [0.25, 0.3) is 22.0 Å². The zero-order chi connectivity index (χ0) is 30.1. The summed E-state index contributed by atoms with van der Waals surface area (Å²) in [6, 6.07) is 9.74. The summed E-state index contributed by atoms with van der Waals surface area (Å²) in [6.07, 6.45) is 7.24. The van der Waals surface area contributed by atoms with Crippen LogP contribution in [0.3, 0.4) is 0 Å². The smallest absolute Gasteiger partial charge is 0.355 e. The van der Waals surface area contributed by atoms with Gasteiger partial charge >= 0.3 is 5.97 Å². The summed E-state index contributed by atoms with van der Waals surface area (Å²) in [6.45, 7) is 6.87. The highest BCUT2D eigenvalue weighted by molar-refractivity contribution is 6.05. The second kappa shape index (κ2) is 12.5. The highest BCUT2D eigenvalue weighted by Gasteiger charge is 2.30. The van der Waals surface area contributed by atoms with Crippen LogP contribution in [0.2, 0.25) is 0 Å². The fourth-order valence-electron chi connectivity index (χ4n) is 7.20. The molecule has 0 radical (unpaired) electrons. The van der Waals surface area contributed by atoms with Crippen molar-refractivity contribution in [1.82, 2.24) is 19.2 Å². The van der Waals surface area contributed by atoms with Gasteiger partial charge in [0.1, 0.15) is 17.3 Å². The highest BCUT2D eigenvalue weighted by Crippen LogP contribution is 2.41. The molecule has 3 heterocycles. The van der Waals surface area contributed by atoms with Gasteiger partial charge in [-0.05, 0) is 107 Å². The second-order valence-corrected chi connectivity index (χ2v) is 11.9. The van der Waals surface area contributed by atoms with Crippen molar-refractivity contribution < 1.29 is 18.7 Å². The van der Waals surface area contributed by atoms with Gasteiger partial charge in [-0.1, -0.05) is 19.1 Å². The van der Waals surface area contributed by atoms with Crippen molar-refractivity contribution in [2.45, 2.75) is 78.3 Å². The van der Waals surface area contributed by atoms with Gasteiger partial charge in [-0.15, -0.1) is 0 Å². The van der Waals surface area contributed by atoms with E-state index in [2.05, 4.69) is 37.1 Å². The van der Waals surface area contributed by atoms with Gasteiger partial charge in [-0.25, -0.2) is 9.18 Å². The van der Waals surface area contributed by atoms with Crippen molar-refractivity contribution in [3.05, 3.63) is 69.9 Å². The van der Waals surface area contributed by atoms with E-state index in [1.807, 2.05) is 29.3 Å². The molecule has 0 atom stereocenters. The fraction of sp³-hybridized carbons (Fsp3) is 0.486. The molecule has 0 bridgehead atoms. The predicted molar refractivity (Wildman–Crippen MR) is 167 cm³/mol. The van der Waals surface area contributed by atoms with E-state index in [4.69, 9.17) is 14.6 Å². The Morgan fingerprint density at radius 2 is 1.86 bits per heavy atom. The van der Waals surface area contributed by atoms with Gasteiger partial charge in [0.15, 0.2) is 0 Å². The quantitative estimate of drug-likeness (QED) is 0.171. The third kappa shape index (κ3) is 5.46. The Morgan fingerprint density at radius 3 is 2.67 bits per heavy atom. The van der Waals surface area contributed by atoms with Crippen LogP contribution in [0.1, 0.15) is 78.1 Å². The Balaban J connectivity index is 1.47. The van der Waals surface area contributed by atoms with Crippen LogP contribution < -0.4 is 4.74 Å². The van der Waals surface area contributed by atoms with E-state index in [0.29, 0.717) is 37.4 Å². The van der Waals surface area contributed by atoms with Crippen molar-refractivity contribution in [2.75, 3.05) is 26.8 Å². The largest absolute Gasteiger partial charge is 0.493 e. The Labute approximate surface area is 253 Å². The number of rotatable bonds is 8. The van der Waals surface area contributed by atoms with E-state index < -0.39 is 0 Å². The number of aromatic nitrogens is 3. The molecule has 0 saturated carbocycles. The first-order chi connectivity index (χ1) is 20.9. The minimum absolute atomic E-state index is 0.279. The molecule has 228 valence electrons. The Bertz CT molecular complexity index is 1650. The lowest BCUT2D eigenvalue weighted by Gasteiger charge is -2.16. The second-order valence-electron chi connectivity index (χ2n) is 11.9.